The molecule has 0 aliphatic rings. The third-order valence-corrected chi connectivity index (χ3v) is 7.72. The molecule has 0 aliphatic heterocycles. The lowest BCUT2D eigenvalue weighted by Gasteiger charge is -2.40. The zero-order valence-corrected chi connectivity index (χ0v) is 28.0. The number of aromatic nitrogens is 2. The lowest BCUT2D eigenvalue weighted by molar-refractivity contribution is 0.00133. The predicted octanol–water partition coefficient (Wildman–Crippen LogP) is 4.75. The van der Waals surface area contributed by atoms with E-state index in [1.165, 1.54) is 47.9 Å². The molecule has 0 amide bonds. The van der Waals surface area contributed by atoms with Gasteiger partial charge in [0.1, 0.15) is 17.6 Å². The lowest BCUT2D eigenvalue weighted by atomic mass is 9.70. The summed E-state index contributed by atoms with van der Waals surface area (Å²) >= 11 is 3.56. The number of aromatic amines is 1. The number of hydrogen-bond donors (Lipinski definition) is 2. The first-order chi connectivity index (χ1) is 21.0. The number of nitrogens with zero attached hydrogens (tertiary/aromatic N) is 3. The number of ether oxygens (including phenoxy) is 5. The molecule has 2 heterocycles. The molecule has 0 fully saturated rings. The first kappa shape index (κ1) is 34.6. The summed E-state index contributed by atoms with van der Waals surface area (Å²) in [5.74, 6) is 0.424. The molecule has 0 radical (unpaired) electrons. The van der Waals surface area contributed by atoms with Crippen LogP contribution < -0.4 is 15.0 Å². The van der Waals surface area contributed by atoms with Crippen molar-refractivity contribution in [2.24, 2.45) is 4.99 Å². The molecule has 1 aromatic carbocycles. The van der Waals surface area contributed by atoms with Gasteiger partial charge in [0.15, 0.2) is 5.88 Å². The SMILES string of the molecule is CN=C(/C=C(\C/C(=C/OC)OC)C(c1cc2cc(Br)ccc2nc1OC)[C@@](O)(CCN(C)C)c1cc(OC)[nH]c(=O)c1)OC. The van der Waals surface area contributed by atoms with Gasteiger partial charge in [0.25, 0.3) is 5.56 Å². The molecule has 238 valence electrons. The number of rotatable bonds is 14. The standard InChI is InChI=1S/C32H41BrN4O7/c1-34-28(42-6)16-21(14-24(41-5)19-40-4)30(25-15-20-13-23(33)9-10-26(20)35-31(25)44-8)32(39,11-12-37(2)3)22-17-27(38)36-29(18-22)43-7/h9-10,13,15-19,30,39H,11-12,14H2,1-8H3,(H,36,38)/b21-16+,24-19-,34-28?/t30?,32-/m1/s1. The third-order valence-electron chi connectivity index (χ3n) is 7.23. The van der Waals surface area contributed by atoms with Gasteiger partial charge in [0.05, 0.1) is 41.1 Å². The number of aliphatic imine (C=N–C) groups is 1. The molecule has 2 atom stereocenters. The lowest BCUT2D eigenvalue weighted by Crippen LogP contribution is -2.39. The molecule has 0 aliphatic carbocycles. The van der Waals surface area contributed by atoms with Gasteiger partial charge in [-0.3, -0.25) is 14.8 Å². The van der Waals surface area contributed by atoms with E-state index in [0.29, 0.717) is 46.3 Å². The molecule has 3 rings (SSSR count). The van der Waals surface area contributed by atoms with E-state index < -0.39 is 17.1 Å². The molecule has 0 bridgehead atoms. The number of methoxy groups -OCH3 is 5. The Labute approximate surface area is 266 Å². The van der Waals surface area contributed by atoms with Crippen molar-refractivity contribution in [3.8, 4) is 11.8 Å². The first-order valence-corrected chi connectivity index (χ1v) is 14.6. The highest BCUT2D eigenvalue weighted by Gasteiger charge is 2.44. The van der Waals surface area contributed by atoms with Gasteiger partial charge in [0, 0.05) is 59.6 Å². The molecule has 11 nitrogen and oxygen atoms in total. The van der Waals surface area contributed by atoms with E-state index >= 15 is 0 Å². The fourth-order valence-electron chi connectivity index (χ4n) is 5.11. The monoisotopic (exact) mass is 672 g/mol. The van der Waals surface area contributed by atoms with E-state index in [4.69, 9.17) is 28.7 Å². The summed E-state index contributed by atoms with van der Waals surface area (Å²) in [6, 6.07) is 10.7. The summed E-state index contributed by atoms with van der Waals surface area (Å²) < 4.78 is 28.7. The van der Waals surface area contributed by atoms with Crippen molar-refractivity contribution in [2.75, 3.05) is 63.2 Å². The summed E-state index contributed by atoms with van der Waals surface area (Å²) in [7, 11) is 13.0. The normalized spacial score (nSPS) is 14.8. The minimum atomic E-state index is -1.72. The van der Waals surface area contributed by atoms with Crippen molar-refractivity contribution in [1.82, 2.24) is 14.9 Å². The summed E-state index contributed by atoms with van der Waals surface area (Å²) in [4.78, 5) is 26.6. The highest BCUT2D eigenvalue weighted by Crippen LogP contribution is 2.49. The molecule has 0 saturated carbocycles. The average Bonchev–Trinajstić information content (AvgIpc) is 3.01. The Bertz CT molecular complexity index is 1580. The number of H-pyrrole nitrogens is 1. The predicted molar refractivity (Wildman–Crippen MR) is 175 cm³/mol. The molecule has 1 unspecified atom stereocenters. The Morgan fingerprint density at radius 1 is 1.11 bits per heavy atom. The summed E-state index contributed by atoms with van der Waals surface area (Å²) in [6.07, 6.45) is 3.63. The van der Waals surface area contributed by atoms with Crippen LogP contribution in [-0.4, -0.2) is 89.1 Å². The first-order valence-electron chi connectivity index (χ1n) is 13.8. The zero-order valence-electron chi connectivity index (χ0n) is 26.4. The minimum Gasteiger partial charge on any atom is -0.501 e. The quantitative estimate of drug-likeness (QED) is 0.142. The molecule has 3 aromatic rings. The fraction of sp³-hybridized carbons (Fsp3) is 0.406. The van der Waals surface area contributed by atoms with Crippen molar-refractivity contribution in [3.63, 3.8) is 0 Å². The number of halogens is 1. The maximum absolute atomic E-state index is 13.1. The molecule has 0 saturated heterocycles. The van der Waals surface area contributed by atoms with Gasteiger partial charge in [-0.1, -0.05) is 15.9 Å². The number of allylic oxidation sites excluding steroid dienone is 1. The number of pyridine rings is 2. The highest BCUT2D eigenvalue weighted by atomic mass is 79.9. The van der Waals surface area contributed by atoms with E-state index in [2.05, 4.69) is 25.9 Å². The maximum Gasteiger partial charge on any atom is 0.251 e. The van der Waals surface area contributed by atoms with Crippen LogP contribution in [-0.2, 0) is 19.8 Å². The second-order valence-corrected chi connectivity index (χ2v) is 11.2. The van der Waals surface area contributed by atoms with E-state index in [0.717, 1.165) is 9.86 Å². The van der Waals surface area contributed by atoms with Crippen LogP contribution in [0.1, 0.15) is 29.9 Å². The Kier molecular flexibility index (Phi) is 12.4. The second kappa shape index (κ2) is 15.7. The van der Waals surface area contributed by atoms with Crippen molar-refractivity contribution in [1.29, 1.82) is 0 Å². The van der Waals surface area contributed by atoms with Crippen LogP contribution in [0.3, 0.4) is 0 Å². The van der Waals surface area contributed by atoms with E-state index in [1.54, 1.807) is 19.2 Å². The number of benzene rings is 1. The number of fused-ring (bicyclic) bond motifs is 1. The van der Waals surface area contributed by atoms with Gasteiger partial charge in [-0.05, 0) is 55.9 Å². The summed E-state index contributed by atoms with van der Waals surface area (Å²) in [6.45, 7) is 0.467. The van der Waals surface area contributed by atoms with Crippen molar-refractivity contribution >= 4 is 32.7 Å². The molecule has 2 aromatic heterocycles. The van der Waals surface area contributed by atoms with Crippen molar-refractivity contribution in [3.05, 3.63) is 86.0 Å². The number of nitrogens with one attached hydrogen (secondary N) is 1. The largest absolute Gasteiger partial charge is 0.501 e. The van der Waals surface area contributed by atoms with Gasteiger partial charge in [-0.2, -0.15) is 0 Å². The van der Waals surface area contributed by atoms with Crippen LogP contribution in [0.15, 0.2) is 74.3 Å². The van der Waals surface area contributed by atoms with Crippen molar-refractivity contribution in [2.45, 2.75) is 24.4 Å². The van der Waals surface area contributed by atoms with Gasteiger partial charge < -0.3 is 33.7 Å². The summed E-state index contributed by atoms with van der Waals surface area (Å²) in [5.41, 5.74) is 0.109. The maximum atomic E-state index is 13.1. The Morgan fingerprint density at radius 3 is 2.45 bits per heavy atom. The van der Waals surface area contributed by atoms with Crippen LogP contribution in [0.5, 0.6) is 11.8 Å². The molecular weight excluding hydrogens is 632 g/mol. The van der Waals surface area contributed by atoms with Crippen LogP contribution >= 0.6 is 15.9 Å². The topological polar surface area (TPSA) is 128 Å². The van der Waals surface area contributed by atoms with Gasteiger partial charge >= 0.3 is 0 Å². The van der Waals surface area contributed by atoms with Gasteiger partial charge in [-0.15, -0.1) is 0 Å². The molecule has 12 heteroatoms. The highest BCUT2D eigenvalue weighted by molar-refractivity contribution is 9.10. The average molecular weight is 674 g/mol. The van der Waals surface area contributed by atoms with Crippen LogP contribution in [0.4, 0.5) is 0 Å². The minimum absolute atomic E-state index is 0.182. The second-order valence-electron chi connectivity index (χ2n) is 10.3. The van der Waals surface area contributed by atoms with E-state index in [-0.39, 0.29) is 18.7 Å². The number of aliphatic hydroxyl groups is 1. The van der Waals surface area contributed by atoms with E-state index in [9.17, 15) is 9.90 Å². The van der Waals surface area contributed by atoms with Crippen LogP contribution in [0, 0.1) is 0 Å². The van der Waals surface area contributed by atoms with Crippen LogP contribution in [0.2, 0.25) is 0 Å². The Morgan fingerprint density at radius 2 is 1.86 bits per heavy atom. The molecule has 0 spiro atoms. The van der Waals surface area contributed by atoms with E-state index in [1.807, 2.05) is 43.3 Å². The smallest absolute Gasteiger partial charge is 0.251 e. The summed E-state index contributed by atoms with van der Waals surface area (Å²) in [5, 5.41) is 14.0. The fourth-order valence-corrected chi connectivity index (χ4v) is 5.49. The Balaban J connectivity index is 2.55. The molecule has 44 heavy (non-hydrogen) atoms. The van der Waals surface area contributed by atoms with Crippen molar-refractivity contribution < 1.29 is 28.8 Å². The van der Waals surface area contributed by atoms with Gasteiger partial charge in [0.2, 0.25) is 11.8 Å². The molecular formula is C32H41BrN4O7. The van der Waals surface area contributed by atoms with Crippen LogP contribution in [0.25, 0.3) is 10.9 Å². The number of hydrogen-bond acceptors (Lipinski definition) is 10. The Hall–Kier alpha value is -3.87. The zero-order chi connectivity index (χ0) is 32.4. The molecule has 2 N–H and O–H groups in total. The van der Waals surface area contributed by atoms with Gasteiger partial charge in [-0.25, -0.2) is 4.98 Å². The third kappa shape index (κ3) is 8.19.